The summed E-state index contributed by atoms with van der Waals surface area (Å²) in [6, 6.07) is 6.64. The lowest BCUT2D eigenvalue weighted by Crippen LogP contribution is -2.28. The van der Waals surface area contributed by atoms with Crippen molar-refractivity contribution in [2.75, 3.05) is 27.4 Å². The quantitative estimate of drug-likeness (QED) is 0.359. The predicted molar refractivity (Wildman–Crippen MR) is 131 cm³/mol. The van der Waals surface area contributed by atoms with E-state index in [1.54, 1.807) is 25.4 Å². The van der Waals surface area contributed by atoms with Gasteiger partial charge in [0.05, 0.1) is 25.4 Å². The molecule has 2 heterocycles. The van der Waals surface area contributed by atoms with Gasteiger partial charge in [-0.1, -0.05) is 13.8 Å². The fraction of sp³-hybridized carbons (Fsp3) is 0.444. The molecule has 186 valence electrons. The normalized spacial score (nSPS) is 18.7. The highest BCUT2D eigenvalue weighted by Gasteiger charge is 2.38. The maximum Gasteiger partial charge on any atom is 0.165 e. The molecule has 1 aliphatic carbocycles. The molecule has 2 N–H and O–H groups in total. The second kappa shape index (κ2) is 8.91. The topological polar surface area (TPSA) is 72.3 Å². The smallest absolute Gasteiger partial charge is 0.165 e. The Bertz CT molecular complexity index is 1390. The molecule has 0 radical (unpaired) electrons. The molecular formula is C27H31F2N3O3. The molecule has 1 unspecified atom stereocenters. The third-order valence-electron chi connectivity index (χ3n) is 7.39. The molecule has 0 amide bonds. The Morgan fingerprint density at radius 3 is 2.69 bits per heavy atom. The molecule has 1 fully saturated rings. The second-order valence-corrected chi connectivity index (χ2v) is 10.2. The molecule has 2 atom stereocenters. The third kappa shape index (κ3) is 3.79. The maximum atomic E-state index is 16.2. The Labute approximate surface area is 202 Å². The van der Waals surface area contributed by atoms with Gasteiger partial charge in [-0.15, -0.1) is 0 Å². The van der Waals surface area contributed by atoms with E-state index in [4.69, 9.17) is 9.47 Å². The fourth-order valence-electron chi connectivity index (χ4n) is 5.88. The van der Waals surface area contributed by atoms with E-state index in [9.17, 15) is 9.50 Å². The third-order valence-corrected chi connectivity index (χ3v) is 7.39. The molecule has 5 rings (SSSR count). The number of rotatable bonds is 7. The summed E-state index contributed by atoms with van der Waals surface area (Å²) in [5, 5.41) is 17.9. The molecule has 0 saturated heterocycles. The molecule has 4 aromatic rings. The summed E-state index contributed by atoms with van der Waals surface area (Å²) in [5.41, 5.74) is 3.08. The van der Waals surface area contributed by atoms with Crippen LogP contribution in [0.25, 0.3) is 27.5 Å². The summed E-state index contributed by atoms with van der Waals surface area (Å²) in [4.78, 5) is 0. The zero-order valence-corrected chi connectivity index (χ0v) is 20.5. The van der Waals surface area contributed by atoms with Gasteiger partial charge >= 0.3 is 0 Å². The van der Waals surface area contributed by atoms with Crippen LogP contribution in [0, 0.1) is 17.6 Å². The number of ether oxygens (including phenoxy) is 2. The lowest BCUT2D eigenvalue weighted by Gasteiger charge is -2.29. The molecule has 35 heavy (non-hydrogen) atoms. The first-order valence-corrected chi connectivity index (χ1v) is 11.9. The highest BCUT2D eigenvalue weighted by atomic mass is 19.1. The number of aliphatic hydroxyl groups excluding tert-OH is 1. The minimum absolute atomic E-state index is 0.0687. The van der Waals surface area contributed by atoms with Gasteiger partial charge in [-0.05, 0) is 54.9 Å². The van der Waals surface area contributed by atoms with Crippen LogP contribution in [-0.4, -0.2) is 47.3 Å². The molecule has 6 nitrogen and oxygen atoms in total. The van der Waals surface area contributed by atoms with Crippen LogP contribution in [-0.2, 0) is 10.2 Å². The van der Waals surface area contributed by atoms with Crippen LogP contribution in [0.4, 0.5) is 8.78 Å². The number of hydrogen-bond acceptors (Lipinski definition) is 4. The lowest BCUT2D eigenvalue weighted by molar-refractivity contribution is 0.143. The number of methoxy groups -OCH3 is 2. The van der Waals surface area contributed by atoms with Crippen LogP contribution in [0.2, 0.25) is 0 Å². The van der Waals surface area contributed by atoms with Crippen molar-refractivity contribution < 1.29 is 23.4 Å². The van der Waals surface area contributed by atoms with Crippen LogP contribution < -0.4 is 4.74 Å². The predicted octanol–water partition coefficient (Wildman–Crippen LogP) is 5.59. The molecular weight excluding hydrogens is 452 g/mol. The van der Waals surface area contributed by atoms with Gasteiger partial charge in [0.1, 0.15) is 5.52 Å². The van der Waals surface area contributed by atoms with E-state index < -0.39 is 11.2 Å². The number of aromatic amines is 1. The monoisotopic (exact) mass is 483 g/mol. The number of halogens is 2. The van der Waals surface area contributed by atoms with E-state index in [1.165, 1.54) is 13.2 Å². The summed E-state index contributed by atoms with van der Waals surface area (Å²) in [7, 11) is 3.08. The van der Waals surface area contributed by atoms with Gasteiger partial charge in [-0.25, -0.2) is 8.78 Å². The van der Waals surface area contributed by atoms with Crippen LogP contribution in [0.1, 0.15) is 50.3 Å². The number of nitrogens with zero attached hydrogens (tertiary/aromatic N) is 2. The highest BCUT2D eigenvalue weighted by Crippen LogP contribution is 2.49. The molecule has 1 aliphatic rings. The molecule has 2 aromatic carbocycles. The van der Waals surface area contributed by atoms with Crippen molar-refractivity contribution in [1.82, 2.24) is 14.8 Å². The van der Waals surface area contributed by atoms with Crippen molar-refractivity contribution in [2.45, 2.75) is 44.4 Å². The standard InChI is InChI=1S/C27H31F2N3O3/c1-27(2,14-34-3)26-22(16-6-5-15(9-16)13-33)23-20(10-17-12-30-31-25(17)24(23)29)32(26)18-7-8-19(28)21(11-18)35-4/h7-8,10-12,15-16,33H,5-6,9,13-14H2,1-4H3,(H,30,31)/t15?,16-/m1/s1. The molecule has 8 heteroatoms. The first-order chi connectivity index (χ1) is 16.8. The van der Waals surface area contributed by atoms with Crippen molar-refractivity contribution in [3.05, 3.63) is 53.4 Å². The Hall–Kier alpha value is -2.97. The van der Waals surface area contributed by atoms with Crippen LogP contribution in [0.5, 0.6) is 5.75 Å². The Kier molecular flexibility index (Phi) is 6.05. The van der Waals surface area contributed by atoms with Gasteiger partial charge in [0.15, 0.2) is 17.4 Å². The molecule has 0 aliphatic heterocycles. The van der Waals surface area contributed by atoms with E-state index in [-0.39, 0.29) is 30.0 Å². The van der Waals surface area contributed by atoms with Crippen molar-refractivity contribution in [3.63, 3.8) is 0 Å². The minimum atomic E-state index is -0.500. The van der Waals surface area contributed by atoms with Crippen molar-refractivity contribution >= 4 is 21.8 Å². The summed E-state index contributed by atoms with van der Waals surface area (Å²) >= 11 is 0. The number of fused-ring (bicyclic) bond motifs is 2. The number of H-pyrrole nitrogens is 1. The highest BCUT2D eigenvalue weighted by molar-refractivity contribution is 6.00. The van der Waals surface area contributed by atoms with E-state index in [1.807, 2.05) is 10.6 Å². The number of aliphatic hydroxyl groups is 1. The first kappa shape index (κ1) is 23.8. The second-order valence-electron chi connectivity index (χ2n) is 10.2. The van der Waals surface area contributed by atoms with E-state index in [0.29, 0.717) is 34.1 Å². The zero-order valence-electron chi connectivity index (χ0n) is 20.5. The molecule has 0 bridgehead atoms. The summed E-state index contributed by atoms with van der Waals surface area (Å²) in [6.45, 7) is 4.69. The fourth-order valence-corrected chi connectivity index (χ4v) is 5.88. The summed E-state index contributed by atoms with van der Waals surface area (Å²) in [6.07, 6.45) is 4.13. The average molecular weight is 484 g/mol. The first-order valence-electron chi connectivity index (χ1n) is 11.9. The maximum absolute atomic E-state index is 16.2. The molecule has 2 aromatic heterocycles. The van der Waals surface area contributed by atoms with Crippen molar-refractivity contribution in [1.29, 1.82) is 0 Å². The SMILES string of the molecule is COCC(C)(C)c1c([C@@H]2CCC(CO)C2)c2c(F)c3[nH]ncc3cc2n1-c1ccc(F)c(OC)c1. The van der Waals surface area contributed by atoms with Gasteiger partial charge in [-0.3, -0.25) is 5.10 Å². The minimum Gasteiger partial charge on any atom is -0.494 e. The summed E-state index contributed by atoms with van der Waals surface area (Å²) < 4.78 is 43.5. The lowest BCUT2D eigenvalue weighted by atomic mass is 9.82. The number of aromatic nitrogens is 3. The Morgan fingerprint density at radius 2 is 2.00 bits per heavy atom. The van der Waals surface area contributed by atoms with Gasteiger partial charge in [0.2, 0.25) is 0 Å². The zero-order chi connectivity index (χ0) is 24.9. The average Bonchev–Trinajstić information content (AvgIpc) is 3.56. The van der Waals surface area contributed by atoms with E-state index in [0.717, 1.165) is 30.5 Å². The Balaban J connectivity index is 1.93. The van der Waals surface area contributed by atoms with Gasteiger partial charge < -0.3 is 19.1 Å². The van der Waals surface area contributed by atoms with E-state index >= 15 is 4.39 Å². The number of nitrogens with one attached hydrogen (secondary N) is 1. The van der Waals surface area contributed by atoms with Crippen LogP contribution >= 0.6 is 0 Å². The van der Waals surface area contributed by atoms with Crippen LogP contribution in [0.3, 0.4) is 0 Å². The van der Waals surface area contributed by atoms with Crippen LogP contribution in [0.15, 0.2) is 30.5 Å². The van der Waals surface area contributed by atoms with Gasteiger partial charge in [0, 0.05) is 47.4 Å². The van der Waals surface area contributed by atoms with Crippen molar-refractivity contribution in [3.8, 4) is 11.4 Å². The number of benzene rings is 2. The number of hydrogen-bond donors (Lipinski definition) is 2. The molecule has 0 spiro atoms. The van der Waals surface area contributed by atoms with Gasteiger partial charge in [0.25, 0.3) is 0 Å². The Morgan fingerprint density at radius 1 is 1.20 bits per heavy atom. The summed E-state index contributed by atoms with van der Waals surface area (Å²) in [5.74, 6) is -0.441. The van der Waals surface area contributed by atoms with Crippen molar-refractivity contribution in [2.24, 2.45) is 5.92 Å². The largest absolute Gasteiger partial charge is 0.494 e. The van der Waals surface area contributed by atoms with E-state index in [2.05, 4.69) is 24.0 Å². The molecule has 1 saturated carbocycles. The van der Waals surface area contributed by atoms with Gasteiger partial charge in [-0.2, -0.15) is 5.10 Å².